The van der Waals surface area contributed by atoms with Crippen molar-refractivity contribution in [1.82, 2.24) is 58.3 Å². The van der Waals surface area contributed by atoms with Gasteiger partial charge in [-0.3, -0.25) is 57.4 Å². The van der Waals surface area contributed by atoms with E-state index >= 15 is 13.2 Å². The van der Waals surface area contributed by atoms with Crippen LogP contribution in [0.2, 0.25) is 15.1 Å². The van der Waals surface area contributed by atoms with E-state index in [1.54, 1.807) is 89.7 Å². The molecule has 15 rings (SSSR count). The second-order valence-electron chi connectivity index (χ2n) is 32.8. The van der Waals surface area contributed by atoms with Gasteiger partial charge in [0.05, 0.1) is 117 Å². The molecule has 0 atom stereocenters. The maximum atomic E-state index is 15.6. The predicted octanol–water partition coefficient (Wildman–Crippen LogP) is 17.0. The minimum atomic E-state index is -5.67. The zero-order valence-electron chi connectivity index (χ0n) is 74.4. The maximum Gasteiger partial charge on any atom is 0.422 e. The molecule has 3 fully saturated rings. The third-order valence-electron chi connectivity index (χ3n) is 23.5. The number of aromatic nitrogens is 9. The van der Waals surface area contributed by atoms with Gasteiger partial charge in [-0.2, -0.15) is 29.0 Å². The first-order chi connectivity index (χ1) is 65.2. The second-order valence-corrected chi connectivity index (χ2v) is 34.0. The Balaban J connectivity index is 0.000000175. The summed E-state index contributed by atoms with van der Waals surface area (Å²) < 4.78 is 206. The summed E-state index contributed by atoms with van der Waals surface area (Å²) in [5, 5.41) is 30.1. The van der Waals surface area contributed by atoms with Crippen molar-refractivity contribution in [3.63, 3.8) is 0 Å². The van der Waals surface area contributed by atoms with E-state index in [-0.39, 0.29) is 208 Å². The van der Waals surface area contributed by atoms with E-state index in [0.29, 0.717) is 33.8 Å². The van der Waals surface area contributed by atoms with Gasteiger partial charge in [-0.05, 0) is 110 Å². The average Bonchev–Trinajstić information content (AvgIpc) is 0.733. The number of fused-ring (bicyclic) bond motifs is 3. The highest BCUT2D eigenvalue weighted by molar-refractivity contribution is 6.35. The molecule has 3 aliphatic heterocycles. The molecule has 3 amide bonds. The summed E-state index contributed by atoms with van der Waals surface area (Å²) in [7, 11) is 0. The van der Waals surface area contributed by atoms with Crippen LogP contribution in [0.15, 0.2) is 107 Å². The number of rotatable bonds is 15. The van der Waals surface area contributed by atoms with Gasteiger partial charge in [0.1, 0.15) is 63.2 Å². The second kappa shape index (κ2) is 39.4. The molecule has 0 aliphatic carbocycles. The molecule has 9 aromatic heterocycles. The number of alkyl halides is 3. The largest absolute Gasteiger partial charge is 0.422 e. The molecule has 0 radical (unpaired) electrons. The lowest BCUT2D eigenvalue weighted by atomic mass is 10.00. The minimum Gasteiger partial charge on any atom is -0.396 e. The number of nitrogens with two attached hydrogens (primary N) is 3. The number of carbonyl (C=O) groups excluding carboxylic acids is 3. The number of hydrogen-bond acceptors (Lipinski definition) is 21. The van der Waals surface area contributed by atoms with Crippen molar-refractivity contribution in [3.8, 4) is 69.0 Å². The fourth-order valence-corrected chi connectivity index (χ4v) is 17.6. The molecule has 3 aromatic carbocycles. The summed E-state index contributed by atoms with van der Waals surface area (Å²) in [6.07, 6.45) is 2.46. The van der Waals surface area contributed by atoms with Gasteiger partial charge in [0, 0.05) is 113 Å². The van der Waals surface area contributed by atoms with Crippen molar-refractivity contribution in [2.45, 2.75) is 86.2 Å². The molecule has 6 N–H and O–H groups in total. The first kappa shape index (κ1) is 100. The van der Waals surface area contributed by atoms with Crippen LogP contribution < -0.4 is 48.6 Å². The van der Waals surface area contributed by atoms with Crippen LogP contribution in [-0.2, 0) is 20.6 Å². The van der Waals surface area contributed by atoms with E-state index < -0.39 is 148 Å². The Morgan fingerprint density at radius 1 is 0.391 bits per heavy atom. The lowest BCUT2D eigenvalue weighted by Crippen LogP contribution is -2.49. The summed E-state index contributed by atoms with van der Waals surface area (Å²) in [5.41, 5.74) is 6.03. The molecule has 0 spiro atoms. The topological polar surface area (TPSA) is 363 Å². The molecule has 12 aromatic rings. The number of amides is 3. The Morgan fingerprint density at radius 3 is 0.862 bits per heavy atom. The third kappa shape index (κ3) is 17.6. The molecule has 138 heavy (non-hydrogen) atoms. The van der Waals surface area contributed by atoms with Gasteiger partial charge < -0.3 is 46.6 Å². The van der Waals surface area contributed by atoms with Crippen LogP contribution in [0.4, 0.5) is 95.6 Å². The fraction of sp³-hybridized carbons (Fsp3) is 0.266. The highest BCUT2D eigenvalue weighted by Crippen LogP contribution is 2.49. The number of nitrogens with zero attached hydrogens (tertiary/aromatic N) is 18. The first-order valence-electron chi connectivity index (χ1n) is 41.9. The molecule has 44 heteroatoms. The van der Waals surface area contributed by atoms with Gasteiger partial charge in [0.2, 0.25) is 17.7 Å². The normalized spacial score (nSPS) is 13.5. The summed E-state index contributed by atoms with van der Waals surface area (Å²) in [4.78, 5) is 116. The van der Waals surface area contributed by atoms with Crippen molar-refractivity contribution < 1.29 is 75.8 Å². The molecular weight excluding hydrogens is 1890 g/mol. The van der Waals surface area contributed by atoms with Gasteiger partial charge in [-0.15, -0.1) is 0 Å². The molecule has 3 saturated heterocycles. The standard InChI is InChI=1S/C32H26ClF6N7O2.2C31H26ClF4N7O2/c1-5-19(47)44-8-10-45(11-9-44)29-16-12-18(33)27(20-22(34)21(32(37,38)39)23(35)24(36)25(20)41)43-30(16)46(31(48)17(29)13-40)28-15(4)6-7-42-26(28)14(2)3;2*1-5-19(44)41-8-10-42(11-9-41)29-16-12-18(32)27(20-21(33)22(34)23(35)24(36)25(20)38)40-30(16)43(31(45)17(29)13-37)28-15(4)6-7-39-26(28)14(2)3/h5-7,12,14H,1,8-11,41H2,2-4H3;2*5-7,12,14H,1,8-11,38H2,2-4H3. The lowest BCUT2D eigenvalue weighted by molar-refractivity contribution is -0.142. The van der Waals surface area contributed by atoms with Crippen molar-refractivity contribution in [3.05, 3.63) is 259 Å². The van der Waals surface area contributed by atoms with Gasteiger partial charge in [-0.1, -0.05) is 96.1 Å². The lowest BCUT2D eigenvalue weighted by Gasteiger charge is -2.36. The Kier molecular flexibility index (Phi) is 28.6. The zero-order valence-corrected chi connectivity index (χ0v) is 76.7. The zero-order chi connectivity index (χ0) is 101. The van der Waals surface area contributed by atoms with Crippen LogP contribution in [0, 0.1) is 119 Å². The van der Waals surface area contributed by atoms with Crippen LogP contribution >= 0.6 is 34.8 Å². The Morgan fingerprint density at radius 2 is 0.630 bits per heavy atom. The number of benzene rings is 3. The third-order valence-corrected chi connectivity index (χ3v) is 24.4. The summed E-state index contributed by atoms with van der Waals surface area (Å²) >= 11 is 19.7. The minimum absolute atomic E-state index is 0.0407. The number of hydrogen-bond donors (Lipinski definition) is 3. The highest BCUT2D eigenvalue weighted by atomic mass is 35.5. The van der Waals surface area contributed by atoms with E-state index in [1.165, 1.54) is 35.4 Å². The van der Waals surface area contributed by atoms with Crippen LogP contribution in [0.25, 0.3) is 83.9 Å². The molecule has 3 aliphatic rings. The molecule has 0 saturated carbocycles. The Labute approximate surface area is 790 Å². The molecule has 12 heterocycles. The summed E-state index contributed by atoms with van der Waals surface area (Å²) in [6.45, 7) is 29.0. The van der Waals surface area contributed by atoms with Crippen LogP contribution in [0.3, 0.4) is 0 Å². The van der Waals surface area contributed by atoms with Gasteiger partial charge in [0.15, 0.2) is 58.2 Å². The van der Waals surface area contributed by atoms with Crippen LogP contribution in [0.1, 0.15) is 115 Å². The van der Waals surface area contributed by atoms with Crippen molar-refractivity contribution in [2.75, 3.05) is 110 Å². The monoisotopic (exact) mass is 1970 g/mol. The van der Waals surface area contributed by atoms with E-state index in [1.807, 2.05) is 45.9 Å². The van der Waals surface area contributed by atoms with Crippen molar-refractivity contribution in [2.24, 2.45) is 0 Å². The van der Waals surface area contributed by atoms with E-state index in [2.05, 4.69) is 49.6 Å². The van der Waals surface area contributed by atoms with Gasteiger partial charge >= 0.3 is 6.18 Å². The Hall–Kier alpha value is -15.0. The first-order valence-corrected chi connectivity index (χ1v) is 43.1. The fourth-order valence-electron chi connectivity index (χ4n) is 16.9. The molecule has 27 nitrogen and oxygen atoms in total. The molecule has 714 valence electrons. The number of carbonyl (C=O) groups is 3. The van der Waals surface area contributed by atoms with E-state index in [4.69, 9.17) is 52.0 Å². The maximum absolute atomic E-state index is 15.6. The smallest absolute Gasteiger partial charge is 0.396 e. The number of piperazine rings is 3. The molecule has 0 unspecified atom stereocenters. The number of aryl methyl sites for hydroxylation is 3. The van der Waals surface area contributed by atoms with E-state index in [9.17, 15) is 92.8 Å². The average molecular weight is 1970 g/mol. The van der Waals surface area contributed by atoms with Gasteiger partial charge in [-0.25, -0.2) is 63.2 Å². The number of halogens is 17. The van der Waals surface area contributed by atoms with Crippen LogP contribution in [0.5, 0.6) is 0 Å². The highest BCUT2D eigenvalue weighted by Gasteiger charge is 2.44. The quantitative estimate of drug-likeness (QED) is 0.0282. The SMILES string of the molecule is C=CC(=O)N1CCN(c2c(C#N)c(=O)n(-c3c(C)ccnc3C(C)C)c3nc(-c4c(N)c(F)c(F)c(C(F)(F)F)c4F)c(Cl)cc23)CC1.C=CC(=O)N1CCN(c2c(C#N)c(=O)n(-c3c(C)ccnc3C(C)C)c3nc(-c4c(N)c(F)c(F)c(F)c4F)c(Cl)cc23)CC1.C=CC(=O)N1CCN(c2c(C#N)c(=O)n(-c3c(C)ccnc3C(C)C)c3nc(-c4c(N)c(F)c(F)c(F)c4F)c(Cl)cc23)CC1. The molecule has 0 bridgehead atoms. The Bertz CT molecular complexity index is 7190. The van der Waals surface area contributed by atoms with Gasteiger partial charge in [0.25, 0.3) is 16.7 Å². The van der Waals surface area contributed by atoms with Crippen molar-refractivity contribution in [1.29, 1.82) is 15.8 Å². The van der Waals surface area contributed by atoms with E-state index in [0.717, 1.165) is 25.8 Å². The van der Waals surface area contributed by atoms with Crippen LogP contribution in [-0.4, -0.2) is 155 Å². The summed E-state index contributed by atoms with van der Waals surface area (Å²) in [6, 6.07) is 14.5. The number of pyridine rings is 9. The molecular formula is C94H78Cl3F14N21O6. The number of nitriles is 3. The number of anilines is 6. The van der Waals surface area contributed by atoms with Crippen molar-refractivity contribution >= 4 is 120 Å². The summed E-state index contributed by atoms with van der Waals surface area (Å²) in [5.74, 6) is -24.4. The predicted molar refractivity (Wildman–Crippen MR) is 492 cm³/mol. The number of nitrogen functional groups attached to an aromatic ring is 3.